The Bertz CT molecular complexity index is 1410. The summed E-state index contributed by atoms with van der Waals surface area (Å²) in [5.41, 5.74) is 8.24. The van der Waals surface area contributed by atoms with E-state index in [-0.39, 0.29) is 29.3 Å². The van der Waals surface area contributed by atoms with Gasteiger partial charge in [-0.15, -0.1) is 0 Å². The van der Waals surface area contributed by atoms with Crippen LogP contribution >= 0.6 is 0 Å². The first kappa shape index (κ1) is 35.1. The van der Waals surface area contributed by atoms with Crippen molar-refractivity contribution in [3.63, 3.8) is 0 Å². The van der Waals surface area contributed by atoms with Crippen molar-refractivity contribution in [2.75, 3.05) is 59.3 Å². The molecule has 0 spiro atoms. The van der Waals surface area contributed by atoms with Gasteiger partial charge in [0.2, 0.25) is 5.91 Å². The van der Waals surface area contributed by atoms with Gasteiger partial charge in [0.05, 0.1) is 45.0 Å². The van der Waals surface area contributed by atoms with Crippen LogP contribution in [0.1, 0.15) is 52.5 Å². The van der Waals surface area contributed by atoms with Gasteiger partial charge >= 0.3 is 0 Å². The molecule has 12 nitrogen and oxygen atoms in total. The zero-order valence-corrected chi connectivity index (χ0v) is 27.6. The smallest absolute Gasteiger partial charge is 0.222 e. The number of carbonyl (C=O) groups excluding carboxylic acids is 1. The van der Waals surface area contributed by atoms with Crippen LogP contribution in [0.25, 0.3) is 22.2 Å². The largest absolute Gasteiger partial charge is 0.490 e. The molecule has 1 aliphatic heterocycles. The quantitative estimate of drug-likeness (QED) is 0.0651. The van der Waals surface area contributed by atoms with E-state index in [4.69, 9.17) is 35.0 Å². The van der Waals surface area contributed by atoms with E-state index in [9.17, 15) is 4.79 Å². The van der Waals surface area contributed by atoms with Crippen LogP contribution in [0.3, 0.4) is 0 Å². The highest BCUT2D eigenvalue weighted by Gasteiger charge is 2.22. The summed E-state index contributed by atoms with van der Waals surface area (Å²) in [5.74, 6) is 7.05. The molecular weight excluding hydrogens is 588 g/mol. The van der Waals surface area contributed by atoms with Crippen molar-refractivity contribution in [1.82, 2.24) is 15.4 Å². The molecule has 5 N–H and O–H groups in total. The molecule has 4 rings (SSSR count). The maximum Gasteiger partial charge on any atom is 0.222 e. The van der Waals surface area contributed by atoms with E-state index in [1.165, 1.54) is 0 Å². The topological polar surface area (TPSA) is 160 Å². The van der Waals surface area contributed by atoms with Gasteiger partial charge in [-0.05, 0) is 55.5 Å². The molecule has 0 radical (unpaired) electrons. The summed E-state index contributed by atoms with van der Waals surface area (Å²) >= 11 is 0. The molecule has 1 atom stereocenters. The SMILES string of the molecule is CC(NC(=O)CCOCCOCCOCCN1CCC(Oc2cccc(-c3onc4ccc(/C(N)=N/N)cc34)c2)CC1)C(C)(C)C. The standard InChI is InChI=1S/C34H50N6O6/c1-24(34(2,3)4)37-31(41)12-16-42-18-20-44-21-19-43-17-15-40-13-10-27(11-14-40)45-28-7-5-6-25(22-28)32-29-23-26(33(35)38-36)8-9-30(29)39-46-32/h5-9,22-24,27H,10-21,36H2,1-4H3,(H2,35,38)(H,37,41). The Balaban J connectivity index is 1.06. The van der Waals surface area contributed by atoms with Crippen LogP contribution in [0.4, 0.5) is 0 Å². The Hall–Kier alpha value is -3.71. The summed E-state index contributed by atoms with van der Waals surface area (Å²) in [6.45, 7) is 14.2. The number of fused-ring (bicyclic) bond motifs is 1. The van der Waals surface area contributed by atoms with Crippen molar-refractivity contribution in [3.8, 4) is 17.1 Å². The number of benzene rings is 2. The highest BCUT2D eigenvalue weighted by atomic mass is 16.5. The van der Waals surface area contributed by atoms with Gasteiger partial charge in [-0.2, -0.15) is 5.10 Å². The van der Waals surface area contributed by atoms with Gasteiger partial charge in [-0.25, -0.2) is 0 Å². The lowest BCUT2D eigenvalue weighted by atomic mass is 9.88. The lowest BCUT2D eigenvalue weighted by Gasteiger charge is -2.32. The number of nitrogens with zero attached hydrogens (tertiary/aromatic N) is 3. The van der Waals surface area contributed by atoms with Crippen molar-refractivity contribution in [2.45, 2.75) is 59.1 Å². The normalized spacial score (nSPS) is 15.7. The van der Waals surface area contributed by atoms with Crippen molar-refractivity contribution in [1.29, 1.82) is 0 Å². The fourth-order valence-corrected chi connectivity index (χ4v) is 4.97. The van der Waals surface area contributed by atoms with Crippen LogP contribution in [-0.2, 0) is 19.0 Å². The number of amidine groups is 1. The first-order chi connectivity index (χ1) is 22.1. The summed E-state index contributed by atoms with van der Waals surface area (Å²) in [5, 5.41) is 11.6. The Labute approximate surface area is 271 Å². The van der Waals surface area contributed by atoms with Crippen LogP contribution in [0.5, 0.6) is 5.75 Å². The van der Waals surface area contributed by atoms with Crippen molar-refractivity contribution < 1.29 is 28.3 Å². The number of hydrogen-bond donors (Lipinski definition) is 3. The fraction of sp³-hybridized carbons (Fsp3) is 0.559. The predicted octanol–water partition coefficient (Wildman–Crippen LogP) is 3.91. The minimum atomic E-state index is 0.0116. The molecule has 0 saturated carbocycles. The minimum Gasteiger partial charge on any atom is -0.490 e. The first-order valence-electron chi connectivity index (χ1n) is 16.1. The average molecular weight is 639 g/mol. The van der Waals surface area contributed by atoms with Gasteiger partial charge in [0.15, 0.2) is 5.76 Å². The monoisotopic (exact) mass is 638 g/mol. The molecule has 1 unspecified atom stereocenters. The van der Waals surface area contributed by atoms with Crippen LogP contribution in [-0.4, -0.2) is 93.2 Å². The van der Waals surface area contributed by atoms with Crippen molar-refractivity contribution in [3.05, 3.63) is 48.0 Å². The van der Waals surface area contributed by atoms with Crippen LogP contribution in [0.2, 0.25) is 0 Å². The van der Waals surface area contributed by atoms with E-state index in [0.29, 0.717) is 57.4 Å². The Morgan fingerprint density at radius 2 is 1.74 bits per heavy atom. The number of hydrazone groups is 1. The molecule has 2 aromatic carbocycles. The van der Waals surface area contributed by atoms with E-state index in [2.05, 4.69) is 41.2 Å². The van der Waals surface area contributed by atoms with Gasteiger partial charge in [-0.3, -0.25) is 4.79 Å². The summed E-state index contributed by atoms with van der Waals surface area (Å²) < 4.78 is 28.9. The van der Waals surface area contributed by atoms with E-state index in [1.807, 2.05) is 49.4 Å². The fourth-order valence-electron chi connectivity index (χ4n) is 4.97. The summed E-state index contributed by atoms with van der Waals surface area (Å²) in [4.78, 5) is 14.4. The number of rotatable bonds is 17. The molecule has 3 aromatic rings. The number of nitrogens with one attached hydrogen (secondary N) is 1. The van der Waals surface area contributed by atoms with E-state index in [0.717, 1.165) is 54.7 Å². The Morgan fingerprint density at radius 3 is 2.43 bits per heavy atom. The lowest BCUT2D eigenvalue weighted by Crippen LogP contribution is -2.41. The average Bonchev–Trinajstić information content (AvgIpc) is 3.47. The third kappa shape index (κ3) is 10.7. The van der Waals surface area contributed by atoms with Gasteiger partial charge in [-0.1, -0.05) is 38.1 Å². The molecule has 0 aliphatic carbocycles. The number of carbonyl (C=O) groups is 1. The first-order valence-corrected chi connectivity index (χ1v) is 16.1. The molecule has 12 heteroatoms. The third-order valence-electron chi connectivity index (χ3n) is 8.29. The lowest BCUT2D eigenvalue weighted by molar-refractivity contribution is -0.123. The molecule has 1 aromatic heterocycles. The van der Waals surface area contributed by atoms with E-state index < -0.39 is 0 Å². The predicted molar refractivity (Wildman–Crippen MR) is 179 cm³/mol. The molecule has 252 valence electrons. The molecule has 1 fully saturated rings. The molecule has 0 bridgehead atoms. The van der Waals surface area contributed by atoms with Gasteiger partial charge in [0.25, 0.3) is 0 Å². The second-order valence-corrected chi connectivity index (χ2v) is 12.7. The van der Waals surface area contributed by atoms with Crippen LogP contribution < -0.4 is 21.6 Å². The maximum atomic E-state index is 12.0. The molecule has 1 aliphatic rings. The zero-order chi connectivity index (χ0) is 32.9. The third-order valence-corrected chi connectivity index (χ3v) is 8.29. The van der Waals surface area contributed by atoms with Gasteiger partial charge in [0.1, 0.15) is 23.2 Å². The second-order valence-electron chi connectivity index (χ2n) is 12.7. The Kier molecular flexibility index (Phi) is 13.2. The number of piperidine rings is 1. The molecule has 46 heavy (non-hydrogen) atoms. The number of hydrogen-bond acceptors (Lipinski definition) is 10. The number of likely N-dealkylation sites (tertiary alicyclic amines) is 1. The number of nitrogens with two attached hydrogens (primary N) is 2. The minimum absolute atomic E-state index is 0.0116. The number of aromatic nitrogens is 1. The molecule has 2 heterocycles. The molecule has 1 amide bonds. The number of amides is 1. The van der Waals surface area contributed by atoms with E-state index >= 15 is 0 Å². The number of ether oxygens (including phenoxy) is 4. The highest BCUT2D eigenvalue weighted by molar-refractivity contribution is 6.02. The van der Waals surface area contributed by atoms with Gasteiger partial charge < -0.3 is 45.3 Å². The summed E-state index contributed by atoms with van der Waals surface area (Å²) in [7, 11) is 0. The van der Waals surface area contributed by atoms with Crippen LogP contribution in [0.15, 0.2) is 52.1 Å². The zero-order valence-electron chi connectivity index (χ0n) is 27.6. The molecule has 1 saturated heterocycles. The summed E-state index contributed by atoms with van der Waals surface area (Å²) in [6.07, 6.45) is 2.38. The molecular formula is C34H50N6O6. The maximum absolute atomic E-state index is 12.0. The Morgan fingerprint density at radius 1 is 1.04 bits per heavy atom. The van der Waals surface area contributed by atoms with Crippen molar-refractivity contribution in [2.24, 2.45) is 22.1 Å². The van der Waals surface area contributed by atoms with Crippen molar-refractivity contribution >= 4 is 22.6 Å². The van der Waals surface area contributed by atoms with Gasteiger partial charge in [0, 0.05) is 43.2 Å². The highest BCUT2D eigenvalue weighted by Crippen LogP contribution is 2.32. The van der Waals surface area contributed by atoms with Crippen LogP contribution in [0, 0.1) is 5.41 Å². The van der Waals surface area contributed by atoms with E-state index in [1.54, 1.807) is 0 Å². The summed E-state index contributed by atoms with van der Waals surface area (Å²) in [6, 6.07) is 13.5. The second kappa shape index (κ2) is 17.3.